The number of nitrogens with zero attached hydrogens (tertiary/aromatic N) is 2. The molecule has 0 saturated carbocycles. The van der Waals surface area contributed by atoms with Crippen molar-refractivity contribution in [3.05, 3.63) is 56.2 Å². The number of benzene rings is 1. The molecule has 8 heteroatoms. The quantitative estimate of drug-likeness (QED) is 0.438. The number of hydrogen-bond acceptors (Lipinski definition) is 4. The molecule has 0 radical (unpaired) electrons. The van der Waals surface area contributed by atoms with Crippen molar-refractivity contribution in [3.63, 3.8) is 0 Å². The van der Waals surface area contributed by atoms with Crippen molar-refractivity contribution in [2.75, 3.05) is 0 Å². The van der Waals surface area contributed by atoms with Crippen LogP contribution in [0.5, 0.6) is 0 Å². The Kier molecular flexibility index (Phi) is 4.33. The van der Waals surface area contributed by atoms with Gasteiger partial charge < -0.3 is 0 Å². The summed E-state index contributed by atoms with van der Waals surface area (Å²) in [5, 5.41) is 10.5. The molecule has 1 aromatic rings. The van der Waals surface area contributed by atoms with E-state index in [9.17, 15) is 18.5 Å². The first kappa shape index (κ1) is 14.9. The number of halogens is 1. The van der Waals surface area contributed by atoms with E-state index in [1.165, 1.54) is 34.7 Å². The Morgan fingerprint density at radius 2 is 1.90 bits per heavy atom. The van der Waals surface area contributed by atoms with Gasteiger partial charge in [0.25, 0.3) is 0 Å². The maximum absolute atomic E-state index is 12.1. The molecule has 0 aromatic heterocycles. The van der Waals surface area contributed by atoms with Crippen molar-refractivity contribution in [2.45, 2.75) is 11.3 Å². The third-order valence-corrected chi connectivity index (χ3v) is 5.06. The number of hydrogen-bond donors (Lipinski definition) is 0. The molecular weight excluding hydrogens is 395 g/mol. The van der Waals surface area contributed by atoms with Crippen LogP contribution in [-0.4, -0.2) is 19.1 Å². The molecule has 0 atom stereocenters. The molecule has 0 amide bonds. The van der Waals surface area contributed by atoms with Gasteiger partial charge in [0.05, 0.1) is 0 Å². The zero-order chi connectivity index (χ0) is 14.8. The first-order chi connectivity index (χ1) is 9.40. The van der Waals surface area contributed by atoms with Gasteiger partial charge in [-0.25, -0.2) is 0 Å². The molecule has 106 valence electrons. The molecule has 0 saturated heterocycles. The van der Waals surface area contributed by atoms with Crippen LogP contribution in [0, 0.1) is 10.1 Å². The summed E-state index contributed by atoms with van der Waals surface area (Å²) in [5.74, 6) is 0. The fourth-order valence-electron chi connectivity index (χ4n) is 1.56. The van der Waals surface area contributed by atoms with Crippen molar-refractivity contribution >= 4 is 44.0 Å². The fourth-order valence-corrected chi connectivity index (χ4v) is 3.46. The molecule has 6 nitrogen and oxygen atoms in total. The van der Waals surface area contributed by atoms with Crippen molar-refractivity contribution in [2.24, 2.45) is 4.40 Å². The fraction of sp³-hybridized carbons (Fsp3) is 0.0833. The summed E-state index contributed by atoms with van der Waals surface area (Å²) in [5.41, 5.74) is 0.343. The van der Waals surface area contributed by atoms with Gasteiger partial charge in [-0.3, -0.25) is 0 Å². The Hall–Kier alpha value is -1.55. The third kappa shape index (κ3) is 3.31. The molecule has 0 heterocycles. The van der Waals surface area contributed by atoms with Crippen LogP contribution in [0.1, 0.15) is 6.42 Å². The summed E-state index contributed by atoms with van der Waals surface area (Å²) in [6.45, 7) is 0. The predicted octanol–water partition coefficient (Wildman–Crippen LogP) is 2.47. The van der Waals surface area contributed by atoms with Crippen LogP contribution in [-0.2, 0) is 10.0 Å². The van der Waals surface area contributed by atoms with Crippen molar-refractivity contribution in [1.82, 2.24) is 0 Å². The van der Waals surface area contributed by atoms with Gasteiger partial charge in [0.15, 0.2) is 0 Å². The van der Waals surface area contributed by atoms with Gasteiger partial charge in [0.2, 0.25) is 0 Å². The van der Waals surface area contributed by atoms with Crippen molar-refractivity contribution < 1.29 is 13.3 Å². The zero-order valence-corrected chi connectivity index (χ0v) is 13.5. The summed E-state index contributed by atoms with van der Waals surface area (Å²) in [4.78, 5) is 9.90. The SMILES string of the molecule is O=[N+]([O-])c1ccc(S(=O)(=O)N=C2CC=CC=C2[IH2])cc1. The second-order valence-electron chi connectivity index (χ2n) is 3.95. The van der Waals surface area contributed by atoms with Crippen LogP contribution < -0.4 is 0 Å². The van der Waals surface area contributed by atoms with E-state index in [4.69, 9.17) is 0 Å². The van der Waals surface area contributed by atoms with E-state index >= 15 is 0 Å². The normalized spacial score (nSPS) is 17.1. The van der Waals surface area contributed by atoms with Gasteiger partial charge in [-0.1, -0.05) is 0 Å². The molecule has 0 fully saturated rings. The number of nitro groups is 1. The van der Waals surface area contributed by atoms with Crippen LogP contribution in [0.3, 0.4) is 0 Å². The van der Waals surface area contributed by atoms with E-state index in [-0.39, 0.29) is 10.6 Å². The Bertz CT molecular complexity index is 733. The Morgan fingerprint density at radius 1 is 1.25 bits per heavy atom. The van der Waals surface area contributed by atoms with Crippen LogP contribution >= 0.6 is 22.6 Å². The third-order valence-electron chi connectivity index (χ3n) is 2.57. The predicted molar refractivity (Wildman–Crippen MR) is 86.4 cm³/mol. The van der Waals surface area contributed by atoms with E-state index in [0.29, 0.717) is 12.1 Å². The average molecular weight is 406 g/mol. The Balaban J connectivity index is 2.36. The van der Waals surface area contributed by atoms with Crippen molar-refractivity contribution in [1.29, 1.82) is 0 Å². The number of rotatable bonds is 3. The van der Waals surface area contributed by atoms with E-state index < -0.39 is 14.9 Å². The maximum atomic E-state index is 12.1. The molecule has 1 aliphatic carbocycles. The molecule has 0 bridgehead atoms. The van der Waals surface area contributed by atoms with Gasteiger partial charge >= 0.3 is 129 Å². The molecule has 0 N–H and O–H groups in total. The van der Waals surface area contributed by atoms with Crippen LogP contribution in [0.25, 0.3) is 0 Å². The number of non-ortho nitro benzene ring substituents is 1. The van der Waals surface area contributed by atoms with E-state index in [0.717, 1.165) is 15.7 Å². The first-order valence-electron chi connectivity index (χ1n) is 5.54. The second kappa shape index (κ2) is 5.83. The van der Waals surface area contributed by atoms with Gasteiger partial charge in [-0.15, -0.1) is 0 Å². The molecule has 1 aromatic carbocycles. The zero-order valence-electron chi connectivity index (χ0n) is 10.1. The number of sulfonamides is 1. The summed E-state index contributed by atoms with van der Waals surface area (Å²) >= 11 is 1.40. The van der Waals surface area contributed by atoms with Crippen LogP contribution in [0.2, 0.25) is 0 Å². The molecule has 0 unspecified atom stereocenters. The van der Waals surface area contributed by atoms with Crippen LogP contribution in [0.4, 0.5) is 5.69 Å². The van der Waals surface area contributed by atoms with E-state index in [1.54, 1.807) is 0 Å². The Labute approximate surface area is 129 Å². The standard InChI is InChI=1S/C12H9IN2O4S/c13-11-3-1-2-4-12(11)14-20(18,19)10-7-5-9(6-8-10)15(16)17/h1-3,5-8H,4H2. The van der Waals surface area contributed by atoms with Gasteiger partial charge in [0, 0.05) is 0 Å². The van der Waals surface area contributed by atoms with Crippen LogP contribution in [0.15, 0.2) is 55.4 Å². The van der Waals surface area contributed by atoms with Crippen molar-refractivity contribution in [3.8, 4) is 0 Å². The molecule has 0 aliphatic heterocycles. The number of allylic oxidation sites excluding steroid dienone is 4. The minimum atomic E-state index is -3.84. The summed E-state index contributed by atoms with van der Waals surface area (Å²) in [6, 6.07) is 4.69. The topological polar surface area (TPSA) is 89.6 Å². The van der Waals surface area contributed by atoms with Gasteiger partial charge in [0.1, 0.15) is 0 Å². The van der Waals surface area contributed by atoms with Gasteiger partial charge in [-0.2, -0.15) is 0 Å². The molecule has 20 heavy (non-hydrogen) atoms. The van der Waals surface area contributed by atoms with Gasteiger partial charge in [-0.05, 0) is 0 Å². The summed E-state index contributed by atoms with van der Waals surface area (Å²) < 4.78 is 28.9. The summed E-state index contributed by atoms with van der Waals surface area (Å²) in [7, 11) is -3.84. The average Bonchev–Trinajstić information content (AvgIpc) is 2.41. The first-order valence-corrected chi connectivity index (χ1v) is 8.26. The molecule has 0 spiro atoms. The molecular formula is C12H11IN2O4S. The molecule has 2 rings (SSSR count). The van der Waals surface area contributed by atoms with E-state index in [1.807, 2.05) is 18.2 Å². The Morgan fingerprint density at radius 3 is 2.45 bits per heavy atom. The minimum absolute atomic E-state index is 0.0519. The monoisotopic (exact) mass is 406 g/mol. The second-order valence-corrected chi connectivity index (χ2v) is 6.93. The molecule has 1 aliphatic rings. The van der Waals surface area contributed by atoms with E-state index in [2.05, 4.69) is 4.40 Å². The summed E-state index contributed by atoms with van der Waals surface area (Å²) in [6.07, 6.45) is 5.95. The number of nitro benzene ring substituents is 1.